The third-order valence-corrected chi connectivity index (χ3v) is 5.18. The lowest BCUT2D eigenvalue weighted by Crippen LogP contribution is -2.14. The van der Waals surface area contributed by atoms with Gasteiger partial charge in [0.15, 0.2) is 0 Å². The Labute approximate surface area is 137 Å². The van der Waals surface area contributed by atoms with Crippen LogP contribution in [0.3, 0.4) is 0 Å². The summed E-state index contributed by atoms with van der Waals surface area (Å²) in [6.45, 7) is 5.13. The summed E-state index contributed by atoms with van der Waals surface area (Å²) in [5.41, 5.74) is 2.73. The number of thiophene rings is 1. The molecule has 4 heteroatoms. The minimum Gasteiger partial charge on any atom is -0.342 e. The zero-order chi connectivity index (χ0) is 14.7. The molecule has 0 radical (unpaired) electrons. The second kappa shape index (κ2) is 6.77. The van der Waals surface area contributed by atoms with Gasteiger partial charge in [0.05, 0.1) is 15.8 Å². The van der Waals surface area contributed by atoms with E-state index < -0.39 is 0 Å². The van der Waals surface area contributed by atoms with Crippen molar-refractivity contribution in [1.82, 2.24) is 9.88 Å². The number of benzene rings is 1. The summed E-state index contributed by atoms with van der Waals surface area (Å²) in [6, 6.07) is 13.1. The number of para-hydroxylation sites is 1. The average Bonchev–Trinajstić information content (AvgIpc) is 3.07. The van der Waals surface area contributed by atoms with Gasteiger partial charge in [-0.2, -0.15) is 0 Å². The third-order valence-electron chi connectivity index (χ3n) is 3.57. The van der Waals surface area contributed by atoms with E-state index >= 15 is 0 Å². The Kier molecular flexibility index (Phi) is 4.78. The zero-order valence-electron chi connectivity index (χ0n) is 12.1. The highest BCUT2D eigenvalue weighted by Gasteiger charge is 2.08. The minimum atomic E-state index is 0.934. The highest BCUT2D eigenvalue weighted by atomic mass is 79.9. The first kappa shape index (κ1) is 14.8. The summed E-state index contributed by atoms with van der Waals surface area (Å²) >= 11 is 5.34. The van der Waals surface area contributed by atoms with Crippen molar-refractivity contribution in [3.63, 3.8) is 0 Å². The molecule has 0 aliphatic carbocycles. The lowest BCUT2D eigenvalue weighted by molar-refractivity contribution is 0.675. The van der Waals surface area contributed by atoms with Crippen LogP contribution in [0.15, 0.2) is 46.4 Å². The van der Waals surface area contributed by atoms with Gasteiger partial charge in [0, 0.05) is 17.6 Å². The van der Waals surface area contributed by atoms with Gasteiger partial charge < -0.3 is 9.88 Å². The Balaban J connectivity index is 1.91. The van der Waals surface area contributed by atoms with Crippen molar-refractivity contribution in [2.45, 2.75) is 26.4 Å². The highest BCUT2D eigenvalue weighted by molar-refractivity contribution is 9.11. The molecular formula is C17H19BrN2S. The van der Waals surface area contributed by atoms with E-state index in [1.54, 1.807) is 11.3 Å². The van der Waals surface area contributed by atoms with Gasteiger partial charge >= 0.3 is 0 Å². The molecule has 0 fully saturated rings. The molecule has 0 amide bonds. The van der Waals surface area contributed by atoms with Crippen LogP contribution < -0.4 is 5.32 Å². The Morgan fingerprint density at radius 1 is 1.19 bits per heavy atom. The first-order valence-corrected chi connectivity index (χ1v) is 8.90. The number of nitrogens with one attached hydrogen (secondary N) is 1. The molecule has 1 aromatic carbocycles. The van der Waals surface area contributed by atoms with E-state index in [0.29, 0.717) is 0 Å². The Morgan fingerprint density at radius 3 is 2.86 bits per heavy atom. The molecule has 2 aromatic heterocycles. The molecule has 110 valence electrons. The van der Waals surface area contributed by atoms with Crippen molar-refractivity contribution in [3.8, 4) is 0 Å². The lowest BCUT2D eigenvalue weighted by Gasteiger charge is -2.10. The maximum absolute atomic E-state index is 3.54. The molecule has 0 bridgehead atoms. The van der Waals surface area contributed by atoms with Crippen molar-refractivity contribution in [2.24, 2.45) is 0 Å². The van der Waals surface area contributed by atoms with Crippen molar-refractivity contribution < 1.29 is 0 Å². The molecule has 0 saturated heterocycles. The first-order valence-electron chi connectivity index (χ1n) is 7.29. The molecule has 3 aromatic rings. The van der Waals surface area contributed by atoms with Crippen LogP contribution in [0.25, 0.3) is 10.9 Å². The Bertz CT molecular complexity index is 729. The summed E-state index contributed by atoms with van der Waals surface area (Å²) in [4.78, 5) is 1.37. The van der Waals surface area contributed by atoms with E-state index in [1.807, 2.05) is 0 Å². The number of hydrogen-bond acceptors (Lipinski definition) is 2. The quantitative estimate of drug-likeness (QED) is 0.609. The number of fused-ring (bicyclic) bond motifs is 1. The van der Waals surface area contributed by atoms with Crippen LogP contribution in [0.4, 0.5) is 0 Å². The zero-order valence-corrected chi connectivity index (χ0v) is 14.5. The maximum Gasteiger partial charge on any atom is 0.0702 e. The van der Waals surface area contributed by atoms with E-state index in [1.165, 1.54) is 31.6 Å². The predicted octanol–water partition coefficient (Wildman–Crippen LogP) is 5.01. The highest BCUT2D eigenvalue weighted by Crippen LogP contribution is 2.26. The molecule has 1 N–H and O–H groups in total. The van der Waals surface area contributed by atoms with Crippen LogP contribution in [0.1, 0.15) is 23.8 Å². The van der Waals surface area contributed by atoms with Crippen molar-refractivity contribution in [3.05, 3.63) is 56.8 Å². The SMILES string of the molecule is CCCNCc1cccc2ccn(Cc3ccc(Br)s3)c12. The normalized spacial score (nSPS) is 11.3. The van der Waals surface area contributed by atoms with Gasteiger partial charge in [0.2, 0.25) is 0 Å². The van der Waals surface area contributed by atoms with Crippen LogP contribution in [0.5, 0.6) is 0 Å². The van der Waals surface area contributed by atoms with E-state index in [-0.39, 0.29) is 0 Å². The van der Waals surface area contributed by atoms with Crippen molar-refractivity contribution >= 4 is 38.2 Å². The number of rotatable bonds is 6. The largest absolute Gasteiger partial charge is 0.342 e. The molecule has 0 unspecified atom stereocenters. The molecule has 0 atom stereocenters. The lowest BCUT2D eigenvalue weighted by atomic mass is 10.1. The first-order chi connectivity index (χ1) is 10.3. The number of aromatic nitrogens is 1. The molecule has 0 aliphatic rings. The predicted molar refractivity (Wildman–Crippen MR) is 95.1 cm³/mol. The minimum absolute atomic E-state index is 0.934. The van der Waals surface area contributed by atoms with Gasteiger partial charge in [-0.15, -0.1) is 11.3 Å². The smallest absolute Gasteiger partial charge is 0.0702 e. The molecule has 0 spiro atoms. The number of hydrogen-bond donors (Lipinski definition) is 1. The van der Waals surface area contributed by atoms with E-state index in [9.17, 15) is 0 Å². The monoisotopic (exact) mass is 362 g/mol. The maximum atomic E-state index is 3.54. The Morgan fingerprint density at radius 2 is 2.10 bits per heavy atom. The van der Waals surface area contributed by atoms with Gasteiger partial charge in [-0.05, 0) is 58.0 Å². The van der Waals surface area contributed by atoms with Gasteiger partial charge in [-0.25, -0.2) is 0 Å². The second-order valence-electron chi connectivity index (χ2n) is 5.18. The molecule has 2 heterocycles. The second-order valence-corrected chi connectivity index (χ2v) is 7.73. The Hall–Kier alpha value is -1.10. The summed E-state index contributed by atoms with van der Waals surface area (Å²) in [5.74, 6) is 0. The fourth-order valence-corrected chi connectivity index (χ4v) is 4.10. The van der Waals surface area contributed by atoms with Gasteiger partial charge in [-0.1, -0.05) is 25.1 Å². The summed E-state index contributed by atoms with van der Waals surface area (Å²) in [6.07, 6.45) is 3.36. The average molecular weight is 363 g/mol. The molecular weight excluding hydrogens is 344 g/mol. The van der Waals surface area contributed by atoms with Crippen molar-refractivity contribution in [2.75, 3.05) is 6.54 Å². The van der Waals surface area contributed by atoms with Gasteiger partial charge in [0.25, 0.3) is 0 Å². The van der Waals surface area contributed by atoms with Crippen LogP contribution >= 0.6 is 27.3 Å². The van der Waals surface area contributed by atoms with Crippen molar-refractivity contribution in [1.29, 1.82) is 0 Å². The van der Waals surface area contributed by atoms with Crippen LogP contribution in [0.2, 0.25) is 0 Å². The van der Waals surface area contributed by atoms with Gasteiger partial charge in [-0.3, -0.25) is 0 Å². The molecule has 0 saturated carbocycles. The van der Waals surface area contributed by atoms with Crippen LogP contribution in [-0.4, -0.2) is 11.1 Å². The summed E-state index contributed by atoms with van der Waals surface area (Å²) in [7, 11) is 0. The standard InChI is InChI=1S/C17H19BrN2S/c1-2-9-19-11-14-5-3-4-13-8-10-20(17(13)14)12-15-6-7-16(18)21-15/h3-8,10,19H,2,9,11-12H2,1H3. The molecule has 0 aliphatic heterocycles. The van der Waals surface area contributed by atoms with Crippen LogP contribution in [0, 0.1) is 0 Å². The van der Waals surface area contributed by atoms with E-state index in [2.05, 4.69) is 75.3 Å². The fourth-order valence-electron chi connectivity index (χ4n) is 2.62. The van der Waals surface area contributed by atoms with E-state index in [4.69, 9.17) is 0 Å². The number of halogens is 1. The summed E-state index contributed by atoms with van der Waals surface area (Å²) in [5, 5.41) is 4.83. The summed E-state index contributed by atoms with van der Waals surface area (Å²) < 4.78 is 3.55. The number of nitrogens with zero attached hydrogens (tertiary/aromatic N) is 1. The molecule has 21 heavy (non-hydrogen) atoms. The molecule has 2 nitrogen and oxygen atoms in total. The van der Waals surface area contributed by atoms with E-state index in [0.717, 1.165) is 19.6 Å². The third kappa shape index (κ3) is 3.39. The van der Waals surface area contributed by atoms with Gasteiger partial charge in [0.1, 0.15) is 0 Å². The van der Waals surface area contributed by atoms with Crippen LogP contribution in [-0.2, 0) is 13.1 Å². The fraction of sp³-hybridized carbons (Fsp3) is 0.294. The topological polar surface area (TPSA) is 17.0 Å². The molecule has 3 rings (SSSR count).